The van der Waals surface area contributed by atoms with Gasteiger partial charge in [-0.2, -0.15) is 0 Å². The van der Waals surface area contributed by atoms with Crippen LogP contribution in [-0.2, 0) is 0 Å². The van der Waals surface area contributed by atoms with Gasteiger partial charge in [0.05, 0.1) is 10.5 Å². The monoisotopic (exact) mass is 307 g/mol. The summed E-state index contributed by atoms with van der Waals surface area (Å²) in [6.45, 7) is 6.71. The van der Waals surface area contributed by atoms with Gasteiger partial charge in [0.25, 0.3) is 11.6 Å². The smallest absolute Gasteiger partial charge is 0.269 e. The maximum absolute atomic E-state index is 12.4. The van der Waals surface area contributed by atoms with Crippen LogP contribution in [0.15, 0.2) is 24.3 Å². The summed E-state index contributed by atoms with van der Waals surface area (Å²) in [6, 6.07) is 5.67. The molecule has 1 aliphatic rings. The van der Waals surface area contributed by atoms with Gasteiger partial charge in [0, 0.05) is 50.4 Å². The second-order valence-electron chi connectivity index (χ2n) is 6.18. The van der Waals surface area contributed by atoms with Crippen molar-refractivity contribution in [3.05, 3.63) is 39.9 Å². The minimum absolute atomic E-state index is 0.0217. The Kier molecular flexibility index (Phi) is 4.77. The molecule has 0 bridgehead atoms. The lowest BCUT2D eigenvalue weighted by molar-refractivity contribution is -0.384. The van der Waals surface area contributed by atoms with Crippen molar-refractivity contribution in [1.29, 1.82) is 0 Å². The first-order valence-corrected chi connectivity index (χ1v) is 7.25. The Morgan fingerprint density at radius 3 is 2.23 bits per heavy atom. The lowest BCUT2D eigenvalue weighted by atomic mass is 10.1. The second kappa shape index (κ2) is 6.41. The summed E-state index contributed by atoms with van der Waals surface area (Å²) < 4.78 is 0. The summed E-state index contributed by atoms with van der Waals surface area (Å²) in [7, 11) is 0. The third-order valence-electron chi connectivity index (χ3n) is 3.60. The van der Waals surface area contributed by atoms with Crippen molar-refractivity contribution < 1.29 is 14.8 Å². The molecule has 120 valence electrons. The highest BCUT2D eigenvalue weighted by molar-refractivity contribution is 5.94. The Balaban J connectivity index is 1.93. The quantitative estimate of drug-likeness (QED) is 0.665. The Morgan fingerprint density at radius 2 is 1.77 bits per heavy atom. The first kappa shape index (κ1) is 16.4. The number of nitro benzene ring substituents is 1. The van der Waals surface area contributed by atoms with Crippen molar-refractivity contribution in [3.8, 4) is 0 Å². The van der Waals surface area contributed by atoms with E-state index in [1.54, 1.807) is 18.7 Å². The van der Waals surface area contributed by atoms with Crippen molar-refractivity contribution in [1.82, 2.24) is 9.80 Å². The number of benzene rings is 1. The SMILES string of the molecule is CC(C)(O)CN1CCN(C(=O)c2ccc([N+](=O)[O-])cc2)CC1. The van der Waals surface area contributed by atoms with Crippen LogP contribution in [0.4, 0.5) is 5.69 Å². The van der Waals surface area contributed by atoms with Crippen LogP contribution in [0.3, 0.4) is 0 Å². The Bertz CT molecular complexity index is 543. The first-order chi connectivity index (χ1) is 10.3. The molecule has 1 aliphatic heterocycles. The molecule has 1 heterocycles. The van der Waals surface area contributed by atoms with E-state index in [1.165, 1.54) is 24.3 Å². The van der Waals surface area contributed by atoms with Crippen LogP contribution in [0.5, 0.6) is 0 Å². The summed E-state index contributed by atoms with van der Waals surface area (Å²) >= 11 is 0. The molecule has 0 aromatic heterocycles. The molecule has 1 saturated heterocycles. The molecule has 1 N–H and O–H groups in total. The molecule has 22 heavy (non-hydrogen) atoms. The zero-order valence-corrected chi connectivity index (χ0v) is 12.9. The minimum atomic E-state index is -0.745. The van der Waals surface area contributed by atoms with E-state index >= 15 is 0 Å². The number of hydrogen-bond acceptors (Lipinski definition) is 5. The van der Waals surface area contributed by atoms with Crippen LogP contribution in [0.1, 0.15) is 24.2 Å². The average Bonchev–Trinajstić information content (AvgIpc) is 2.46. The molecule has 0 saturated carbocycles. The number of β-amino-alcohol motifs (C(OH)–C–C–N with tert-alkyl or cyclic N) is 1. The molecule has 7 nitrogen and oxygen atoms in total. The molecule has 1 aromatic rings. The maximum atomic E-state index is 12.4. The van der Waals surface area contributed by atoms with E-state index in [-0.39, 0.29) is 11.6 Å². The highest BCUT2D eigenvalue weighted by Crippen LogP contribution is 2.15. The Labute approximate surface area is 129 Å². The molecule has 1 aromatic carbocycles. The van der Waals surface area contributed by atoms with E-state index in [4.69, 9.17) is 0 Å². The van der Waals surface area contributed by atoms with Gasteiger partial charge in [-0.25, -0.2) is 0 Å². The molecule has 7 heteroatoms. The number of hydrogen-bond donors (Lipinski definition) is 1. The van der Waals surface area contributed by atoms with Gasteiger partial charge in [-0.15, -0.1) is 0 Å². The summed E-state index contributed by atoms with van der Waals surface area (Å²) in [6.07, 6.45) is 0. The highest BCUT2D eigenvalue weighted by Gasteiger charge is 2.25. The lowest BCUT2D eigenvalue weighted by Gasteiger charge is -2.37. The summed E-state index contributed by atoms with van der Waals surface area (Å²) in [5, 5.41) is 20.4. The van der Waals surface area contributed by atoms with Crippen LogP contribution in [0.25, 0.3) is 0 Å². The largest absolute Gasteiger partial charge is 0.389 e. The van der Waals surface area contributed by atoms with E-state index in [1.807, 2.05) is 0 Å². The Hall–Kier alpha value is -1.99. The van der Waals surface area contributed by atoms with Crippen LogP contribution in [0.2, 0.25) is 0 Å². The molecular formula is C15H21N3O4. The number of non-ortho nitro benzene ring substituents is 1. The van der Waals surface area contributed by atoms with E-state index < -0.39 is 10.5 Å². The van der Waals surface area contributed by atoms with Crippen molar-refractivity contribution in [2.24, 2.45) is 0 Å². The number of rotatable bonds is 4. The molecule has 1 fully saturated rings. The third kappa shape index (κ3) is 4.25. The number of carbonyl (C=O) groups excluding carboxylic acids is 1. The lowest BCUT2D eigenvalue weighted by Crippen LogP contribution is -2.51. The second-order valence-corrected chi connectivity index (χ2v) is 6.18. The van der Waals surface area contributed by atoms with Crippen LogP contribution < -0.4 is 0 Å². The fourth-order valence-corrected chi connectivity index (χ4v) is 2.56. The fraction of sp³-hybridized carbons (Fsp3) is 0.533. The summed E-state index contributed by atoms with van der Waals surface area (Å²) in [5.74, 6) is -0.113. The average molecular weight is 307 g/mol. The Morgan fingerprint density at radius 1 is 1.23 bits per heavy atom. The predicted octanol–water partition coefficient (Wildman–Crippen LogP) is 1.12. The molecule has 0 atom stereocenters. The first-order valence-electron chi connectivity index (χ1n) is 7.25. The topological polar surface area (TPSA) is 86.9 Å². The van der Waals surface area contributed by atoms with Crippen LogP contribution >= 0.6 is 0 Å². The summed E-state index contributed by atoms with van der Waals surface area (Å²) in [5.41, 5.74) is -0.307. The van der Waals surface area contributed by atoms with Crippen LogP contribution in [0, 0.1) is 10.1 Å². The van der Waals surface area contributed by atoms with E-state index in [0.717, 1.165) is 0 Å². The standard InChI is InChI=1S/C15H21N3O4/c1-15(2,20)11-16-7-9-17(10-8-16)14(19)12-3-5-13(6-4-12)18(21)22/h3-6,20H,7-11H2,1-2H3. The van der Waals surface area contributed by atoms with Gasteiger partial charge < -0.3 is 10.0 Å². The van der Waals surface area contributed by atoms with Gasteiger partial charge in [0.15, 0.2) is 0 Å². The number of nitrogens with zero attached hydrogens (tertiary/aromatic N) is 3. The van der Waals surface area contributed by atoms with Gasteiger partial charge in [0.2, 0.25) is 0 Å². The molecule has 0 unspecified atom stereocenters. The minimum Gasteiger partial charge on any atom is -0.389 e. The summed E-state index contributed by atoms with van der Waals surface area (Å²) in [4.78, 5) is 26.4. The zero-order valence-electron chi connectivity index (χ0n) is 12.9. The normalized spacial score (nSPS) is 16.6. The van der Waals surface area contributed by atoms with Gasteiger partial charge in [-0.05, 0) is 26.0 Å². The fourth-order valence-electron chi connectivity index (χ4n) is 2.56. The van der Waals surface area contributed by atoms with Crippen molar-refractivity contribution in [2.75, 3.05) is 32.7 Å². The molecule has 1 amide bonds. The van der Waals surface area contributed by atoms with Gasteiger partial charge in [-0.1, -0.05) is 0 Å². The number of piperazine rings is 1. The molecule has 0 spiro atoms. The molecule has 2 rings (SSSR count). The van der Waals surface area contributed by atoms with E-state index in [2.05, 4.69) is 4.90 Å². The maximum Gasteiger partial charge on any atom is 0.269 e. The van der Waals surface area contributed by atoms with Crippen molar-refractivity contribution >= 4 is 11.6 Å². The number of aliphatic hydroxyl groups is 1. The predicted molar refractivity (Wildman–Crippen MR) is 81.7 cm³/mol. The van der Waals surface area contributed by atoms with Gasteiger partial charge in [0.1, 0.15) is 0 Å². The molecule has 0 radical (unpaired) electrons. The number of amides is 1. The van der Waals surface area contributed by atoms with Crippen molar-refractivity contribution in [2.45, 2.75) is 19.4 Å². The molecule has 0 aliphatic carbocycles. The molecular weight excluding hydrogens is 286 g/mol. The van der Waals surface area contributed by atoms with Crippen LogP contribution in [-0.4, -0.2) is 64.1 Å². The number of carbonyl (C=O) groups is 1. The van der Waals surface area contributed by atoms with E-state index in [9.17, 15) is 20.0 Å². The third-order valence-corrected chi connectivity index (χ3v) is 3.60. The number of nitro groups is 1. The highest BCUT2D eigenvalue weighted by atomic mass is 16.6. The van der Waals surface area contributed by atoms with Gasteiger partial charge in [-0.3, -0.25) is 19.8 Å². The van der Waals surface area contributed by atoms with Crippen molar-refractivity contribution in [3.63, 3.8) is 0 Å². The zero-order chi connectivity index (χ0) is 16.3. The van der Waals surface area contributed by atoms with Gasteiger partial charge >= 0.3 is 0 Å². The van der Waals surface area contributed by atoms with E-state index in [0.29, 0.717) is 38.3 Å².